The van der Waals surface area contributed by atoms with Gasteiger partial charge in [0.25, 0.3) is 0 Å². The molecule has 1 aliphatic heterocycles. The highest BCUT2D eigenvalue weighted by atomic mass is 35.5. The molecule has 1 aliphatic rings. The zero-order valence-electron chi connectivity index (χ0n) is 7.40. The maximum absolute atomic E-state index is 11.9. The Morgan fingerprint density at radius 1 is 1.64 bits per heavy atom. The number of carbonyl (C=O) groups is 1. The molecule has 0 radical (unpaired) electrons. The lowest BCUT2D eigenvalue weighted by Gasteiger charge is -2.10. The van der Waals surface area contributed by atoms with Gasteiger partial charge in [-0.05, 0) is 11.4 Å². The molecule has 76 valence electrons. The number of hydrogen-bond acceptors (Lipinski definition) is 4. The summed E-state index contributed by atoms with van der Waals surface area (Å²) in [5.41, 5.74) is 5.75. The van der Waals surface area contributed by atoms with Gasteiger partial charge in [0, 0.05) is 6.04 Å². The molecule has 2 unspecified atom stereocenters. The molecule has 1 aromatic heterocycles. The molecule has 0 amide bonds. The van der Waals surface area contributed by atoms with Gasteiger partial charge in [-0.3, -0.25) is 4.79 Å². The number of rotatable bonds is 2. The van der Waals surface area contributed by atoms with Crippen LogP contribution in [-0.2, 0) is 4.74 Å². The molecule has 2 N–H and O–H groups in total. The van der Waals surface area contributed by atoms with Crippen molar-refractivity contribution >= 4 is 28.7 Å². The number of carbonyl (C=O) groups excluding carboxylic acids is 1. The van der Waals surface area contributed by atoms with E-state index in [1.807, 2.05) is 0 Å². The van der Waals surface area contributed by atoms with Crippen molar-refractivity contribution in [3.8, 4) is 0 Å². The standard InChI is InChI=1S/C9H10ClNO2S/c10-6-1-2-14-9(6)8(12)5-3-13-4-7(5)11/h1-2,5,7H,3-4,11H2. The predicted octanol–water partition coefficient (Wildman–Crippen LogP) is 1.56. The van der Waals surface area contributed by atoms with Gasteiger partial charge < -0.3 is 10.5 Å². The van der Waals surface area contributed by atoms with Crippen LogP contribution in [0.15, 0.2) is 11.4 Å². The minimum atomic E-state index is -0.230. The number of nitrogens with two attached hydrogens (primary N) is 1. The minimum absolute atomic E-state index is 0.00926. The van der Waals surface area contributed by atoms with E-state index in [-0.39, 0.29) is 17.7 Å². The molecule has 2 rings (SSSR count). The quantitative estimate of drug-likeness (QED) is 0.786. The van der Waals surface area contributed by atoms with Crippen molar-refractivity contribution < 1.29 is 9.53 Å². The third-order valence-electron chi connectivity index (χ3n) is 2.30. The second kappa shape index (κ2) is 3.98. The highest BCUT2D eigenvalue weighted by molar-refractivity contribution is 7.12. The summed E-state index contributed by atoms with van der Waals surface area (Å²) >= 11 is 7.22. The summed E-state index contributed by atoms with van der Waals surface area (Å²) in [4.78, 5) is 12.5. The minimum Gasteiger partial charge on any atom is -0.379 e. The fourth-order valence-electron chi connectivity index (χ4n) is 1.48. The van der Waals surface area contributed by atoms with Crippen LogP contribution in [0.5, 0.6) is 0 Å². The van der Waals surface area contributed by atoms with E-state index in [1.165, 1.54) is 11.3 Å². The first-order valence-corrected chi connectivity index (χ1v) is 5.56. The van der Waals surface area contributed by atoms with Crippen LogP contribution in [0.3, 0.4) is 0 Å². The molecule has 5 heteroatoms. The van der Waals surface area contributed by atoms with Crippen molar-refractivity contribution in [3.05, 3.63) is 21.3 Å². The molecule has 0 spiro atoms. The molecule has 0 saturated carbocycles. The van der Waals surface area contributed by atoms with Crippen LogP contribution in [-0.4, -0.2) is 25.0 Å². The Morgan fingerprint density at radius 2 is 2.43 bits per heavy atom. The zero-order valence-corrected chi connectivity index (χ0v) is 8.98. The molecule has 0 bridgehead atoms. The summed E-state index contributed by atoms with van der Waals surface area (Å²) < 4.78 is 5.14. The highest BCUT2D eigenvalue weighted by Gasteiger charge is 2.33. The molecule has 1 aromatic rings. The number of halogens is 1. The van der Waals surface area contributed by atoms with Crippen LogP contribution in [0.4, 0.5) is 0 Å². The third kappa shape index (κ3) is 1.70. The Bertz CT molecular complexity index is 352. The van der Waals surface area contributed by atoms with E-state index >= 15 is 0 Å². The van der Waals surface area contributed by atoms with Crippen molar-refractivity contribution in [2.75, 3.05) is 13.2 Å². The molecule has 1 saturated heterocycles. The first-order chi connectivity index (χ1) is 6.70. The van der Waals surface area contributed by atoms with Crippen LogP contribution in [0, 0.1) is 5.92 Å². The van der Waals surface area contributed by atoms with E-state index in [9.17, 15) is 4.79 Å². The average molecular weight is 232 g/mol. The van der Waals surface area contributed by atoms with Gasteiger partial charge in [-0.2, -0.15) is 0 Å². The first kappa shape index (κ1) is 10.1. The molecule has 1 fully saturated rings. The van der Waals surface area contributed by atoms with Crippen molar-refractivity contribution in [2.24, 2.45) is 11.7 Å². The normalized spacial score (nSPS) is 26.7. The van der Waals surface area contributed by atoms with Gasteiger partial charge >= 0.3 is 0 Å². The van der Waals surface area contributed by atoms with Crippen molar-refractivity contribution in [3.63, 3.8) is 0 Å². The van der Waals surface area contributed by atoms with Crippen LogP contribution >= 0.6 is 22.9 Å². The molecular weight excluding hydrogens is 222 g/mol. The third-order valence-corrected chi connectivity index (χ3v) is 3.66. The monoisotopic (exact) mass is 231 g/mol. The number of hydrogen-bond donors (Lipinski definition) is 1. The van der Waals surface area contributed by atoms with E-state index in [0.717, 1.165) is 0 Å². The maximum Gasteiger partial charge on any atom is 0.181 e. The van der Waals surface area contributed by atoms with Crippen molar-refractivity contribution in [1.82, 2.24) is 0 Å². The summed E-state index contributed by atoms with van der Waals surface area (Å²) in [5.74, 6) is -0.221. The summed E-state index contributed by atoms with van der Waals surface area (Å²) in [6.45, 7) is 0.869. The topological polar surface area (TPSA) is 52.3 Å². The first-order valence-electron chi connectivity index (χ1n) is 4.30. The Labute approximate surface area is 90.8 Å². The van der Waals surface area contributed by atoms with Gasteiger partial charge in [-0.1, -0.05) is 11.6 Å². The SMILES string of the molecule is NC1COCC1C(=O)c1sccc1Cl. The van der Waals surface area contributed by atoms with Gasteiger partial charge in [-0.15, -0.1) is 11.3 Å². The summed E-state index contributed by atoms with van der Waals surface area (Å²) in [6.07, 6.45) is 0. The summed E-state index contributed by atoms with van der Waals surface area (Å²) in [5, 5.41) is 2.32. The fourth-order valence-corrected chi connectivity index (χ4v) is 2.63. The lowest BCUT2D eigenvalue weighted by atomic mass is 9.98. The summed E-state index contributed by atoms with van der Waals surface area (Å²) in [7, 11) is 0. The Balaban J connectivity index is 2.20. The number of Topliss-reactive ketones (excluding diaryl/α,β-unsaturated/α-hetero) is 1. The fraction of sp³-hybridized carbons (Fsp3) is 0.444. The zero-order chi connectivity index (χ0) is 10.1. The number of ketones is 1. The molecular formula is C9H10ClNO2S. The molecule has 14 heavy (non-hydrogen) atoms. The van der Waals surface area contributed by atoms with E-state index < -0.39 is 0 Å². The van der Waals surface area contributed by atoms with E-state index in [1.54, 1.807) is 11.4 Å². The Kier molecular flexibility index (Phi) is 2.88. The predicted molar refractivity (Wildman–Crippen MR) is 55.9 cm³/mol. The smallest absolute Gasteiger partial charge is 0.181 e. The molecule has 0 aliphatic carbocycles. The highest BCUT2D eigenvalue weighted by Crippen LogP contribution is 2.27. The van der Waals surface area contributed by atoms with Gasteiger partial charge in [0.15, 0.2) is 5.78 Å². The van der Waals surface area contributed by atoms with Crippen molar-refractivity contribution in [2.45, 2.75) is 6.04 Å². The van der Waals surface area contributed by atoms with Gasteiger partial charge in [0.05, 0.1) is 29.0 Å². The lowest BCUT2D eigenvalue weighted by molar-refractivity contribution is 0.0900. The molecule has 0 aromatic carbocycles. The van der Waals surface area contributed by atoms with Crippen LogP contribution in [0.25, 0.3) is 0 Å². The Morgan fingerprint density at radius 3 is 2.93 bits per heavy atom. The summed E-state index contributed by atoms with van der Waals surface area (Å²) in [6, 6.07) is 1.53. The molecule has 3 nitrogen and oxygen atoms in total. The average Bonchev–Trinajstić information content (AvgIpc) is 2.73. The van der Waals surface area contributed by atoms with Crippen LogP contribution in [0.2, 0.25) is 5.02 Å². The number of ether oxygens (including phenoxy) is 1. The lowest BCUT2D eigenvalue weighted by Crippen LogP contribution is -2.33. The molecule has 2 atom stereocenters. The second-order valence-corrected chi connectivity index (χ2v) is 4.59. The van der Waals surface area contributed by atoms with Crippen LogP contribution in [0.1, 0.15) is 9.67 Å². The van der Waals surface area contributed by atoms with Gasteiger partial charge in [-0.25, -0.2) is 0 Å². The van der Waals surface area contributed by atoms with Gasteiger partial charge in [0.2, 0.25) is 0 Å². The van der Waals surface area contributed by atoms with E-state index in [0.29, 0.717) is 23.1 Å². The maximum atomic E-state index is 11.9. The van der Waals surface area contributed by atoms with E-state index in [2.05, 4.69) is 0 Å². The second-order valence-electron chi connectivity index (χ2n) is 3.27. The Hall–Kier alpha value is -0.420. The van der Waals surface area contributed by atoms with Gasteiger partial charge in [0.1, 0.15) is 0 Å². The van der Waals surface area contributed by atoms with E-state index in [4.69, 9.17) is 22.1 Å². The molecule has 2 heterocycles. The van der Waals surface area contributed by atoms with Crippen molar-refractivity contribution in [1.29, 1.82) is 0 Å². The number of thiophene rings is 1. The largest absolute Gasteiger partial charge is 0.379 e. The van der Waals surface area contributed by atoms with Crippen LogP contribution < -0.4 is 5.73 Å².